The van der Waals surface area contributed by atoms with Gasteiger partial charge in [-0.05, 0) is 19.4 Å². The molecular weight excluding hydrogens is 114 g/mol. The van der Waals surface area contributed by atoms with E-state index in [9.17, 15) is 0 Å². The van der Waals surface area contributed by atoms with Crippen LogP contribution in [-0.2, 0) is 4.74 Å². The Balaban J connectivity index is 0.000000810. The van der Waals surface area contributed by atoms with Gasteiger partial charge >= 0.3 is 0 Å². The topological polar surface area (TPSA) is 21.3 Å². The summed E-state index contributed by atoms with van der Waals surface area (Å²) in [6.07, 6.45) is 2.93. The smallest absolute Gasteiger partial charge is 0.0601 e. The number of rotatable bonds is 3. The summed E-state index contributed by atoms with van der Waals surface area (Å²) in [7, 11) is 1.78. The minimum Gasteiger partial charge on any atom is -0.381 e. The van der Waals surface area contributed by atoms with E-state index in [-0.39, 0.29) is 1.43 Å². The average Bonchev–Trinajstić information content (AvgIpc) is 1.77. The molecule has 1 saturated carbocycles. The van der Waals surface area contributed by atoms with Crippen LogP contribution in [-0.4, -0.2) is 25.8 Å². The lowest BCUT2D eigenvalue weighted by atomic mass is 9.89. The highest BCUT2D eigenvalue weighted by atomic mass is 16.5. The Bertz CT molecular complexity index is 83.7. The van der Waals surface area contributed by atoms with E-state index in [4.69, 9.17) is 4.74 Å². The molecule has 0 aromatic rings. The summed E-state index contributed by atoms with van der Waals surface area (Å²) < 4.78 is 5.12. The van der Waals surface area contributed by atoms with E-state index in [2.05, 4.69) is 12.2 Å². The molecule has 0 radical (unpaired) electrons. The van der Waals surface area contributed by atoms with Gasteiger partial charge in [0.05, 0.1) is 6.10 Å². The predicted octanol–water partition coefficient (Wildman–Crippen LogP) is 1.02. The number of nitrogens with one attached hydrogen (secondary N) is 1. The third kappa shape index (κ3) is 1.66. The van der Waals surface area contributed by atoms with Gasteiger partial charge in [-0.2, -0.15) is 0 Å². The monoisotopic (exact) mass is 131 g/mol. The maximum atomic E-state index is 5.12. The lowest BCUT2D eigenvalue weighted by Crippen LogP contribution is -2.44. The van der Waals surface area contributed by atoms with Gasteiger partial charge in [-0.15, -0.1) is 0 Å². The van der Waals surface area contributed by atoms with Gasteiger partial charge in [-0.25, -0.2) is 0 Å². The number of methoxy groups -OCH3 is 1. The van der Waals surface area contributed by atoms with Crippen molar-refractivity contribution in [2.45, 2.75) is 31.9 Å². The summed E-state index contributed by atoms with van der Waals surface area (Å²) in [6, 6.07) is 0.736. The predicted molar refractivity (Wildman–Crippen MR) is 39.6 cm³/mol. The molecule has 1 aliphatic carbocycles. The standard InChI is InChI=1S/C7H15NO.H2/c1-3-8-6-4-7(5-6)9-2;/h6-8H,3-5H2,1-2H3;1H. The van der Waals surface area contributed by atoms with Crippen LogP contribution in [0.1, 0.15) is 21.2 Å². The Morgan fingerprint density at radius 2 is 2.33 bits per heavy atom. The fraction of sp³-hybridized carbons (Fsp3) is 1.00. The van der Waals surface area contributed by atoms with Crippen molar-refractivity contribution >= 4 is 0 Å². The zero-order valence-electron chi connectivity index (χ0n) is 6.18. The summed E-state index contributed by atoms with van der Waals surface area (Å²) in [5.41, 5.74) is 0. The number of hydrogen-bond acceptors (Lipinski definition) is 2. The first kappa shape index (κ1) is 7.03. The van der Waals surface area contributed by atoms with Crippen molar-refractivity contribution in [2.75, 3.05) is 13.7 Å². The molecule has 1 fully saturated rings. The Kier molecular flexibility index (Phi) is 2.49. The van der Waals surface area contributed by atoms with Crippen molar-refractivity contribution in [1.29, 1.82) is 0 Å². The van der Waals surface area contributed by atoms with E-state index in [0.717, 1.165) is 12.6 Å². The van der Waals surface area contributed by atoms with Crippen molar-refractivity contribution in [2.24, 2.45) is 0 Å². The van der Waals surface area contributed by atoms with Crippen molar-refractivity contribution in [1.82, 2.24) is 5.32 Å². The summed E-state index contributed by atoms with van der Waals surface area (Å²) in [6.45, 7) is 3.22. The van der Waals surface area contributed by atoms with Gasteiger partial charge in [0, 0.05) is 14.6 Å². The van der Waals surface area contributed by atoms with Gasteiger partial charge in [-0.1, -0.05) is 6.92 Å². The maximum absolute atomic E-state index is 5.12. The highest BCUT2D eigenvalue weighted by Gasteiger charge is 2.27. The fourth-order valence-corrected chi connectivity index (χ4v) is 1.21. The molecule has 0 aromatic carbocycles. The zero-order chi connectivity index (χ0) is 6.69. The molecule has 0 heterocycles. The van der Waals surface area contributed by atoms with E-state index >= 15 is 0 Å². The third-order valence-corrected chi connectivity index (χ3v) is 1.92. The largest absolute Gasteiger partial charge is 0.381 e. The Hall–Kier alpha value is -0.0800. The minimum atomic E-state index is 0. The molecule has 2 nitrogen and oxygen atoms in total. The second-order valence-electron chi connectivity index (χ2n) is 2.58. The highest BCUT2D eigenvalue weighted by molar-refractivity contribution is 4.84. The van der Waals surface area contributed by atoms with Crippen LogP contribution in [0.15, 0.2) is 0 Å². The lowest BCUT2D eigenvalue weighted by molar-refractivity contribution is 0.0180. The molecule has 0 atom stereocenters. The van der Waals surface area contributed by atoms with Crippen LogP contribution in [0, 0.1) is 0 Å². The first-order valence-electron chi connectivity index (χ1n) is 3.63. The van der Waals surface area contributed by atoms with Crippen LogP contribution in [0.2, 0.25) is 0 Å². The molecule has 1 N–H and O–H groups in total. The molecule has 0 saturated heterocycles. The fourth-order valence-electron chi connectivity index (χ4n) is 1.21. The SMILES string of the molecule is CCNC1CC(OC)C1.[HH]. The van der Waals surface area contributed by atoms with E-state index in [1.54, 1.807) is 7.11 Å². The zero-order valence-corrected chi connectivity index (χ0v) is 6.18. The van der Waals surface area contributed by atoms with Crippen molar-refractivity contribution in [3.8, 4) is 0 Å². The van der Waals surface area contributed by atoms with Crippen molar-refractivity contribution in [3.05, 3.63) is 0 Å². The van der Waals surface area contributed by atoms with Gasteiger partial charge in [0.2, 0.25) is 0 Å². The van der Waals surface area contributed by atoms with Crippen LogP contribution < -0.4 is 5.32 Å². The van der Waals surface area contributed by atoms with Crippen molar-refractivity contribution in [3.63, 3.8) is 0 Å². The molecule has 0 bridgehead atoms. The van der Waals surface area contributed by atoms with Gasteiger partial charge in [0.25, 0.3) is 0 Å². The van der Waals surface area contributed by atoms with Crippen LogP contribution in [0.3, 0.4) is 0 Å². The van der Waals surface area contributed by atoms with Gasteiger partial charge < -0.3 is 10.1 Å². The van der Waals surface area contributed by atoms with Crippen LogP contribution in [0.25, 0.3) is 0 Å². The number of ether oxygens (including phenoxy) is 1. The molecule has 1 aliphatic rings. The first-order valence-corrected chi connectivity index (χ1v) is 3.63. The first-order chi connectivity index (χ1) is 4.36. The Labute approximate surface area is 58.1 Å². The molecule has 2 heteroatoms. The molecule has 0 aliphatic heterocycles. The Morgan fingerprint density at radius 1 is 1.67 bits per heavy atom. The molecule has 0 unspecified atom stereocenters. The van der Waals surface area contributed by atoms with Crippen LogP contribution in [0.4, 0.5) is 0 Å². The van der Waals surface area contributed by atoms with E-state index in [1.807, 2.05) is 0 Å². The van der Waals surface area contributed by atoms with Gasteiger partial charge in [0.15, 0.2) is 0 Å². The molecule has 1 rings (SSSR count). The quantitative estimate of drug-likeness (QED) is 0.617. The van der Waals surface area contributed by atoms with Gasteiger partial charge in [0.1, 0.15) is 0 Å². The van der Waals surface area contributed by atoms with E-state index in [0.29, 0.717) is 6.10 Å². The lowest BCUT2D eigenvalue weighted by Gasteiger charge is -2.34. The molecule has 0 amide bonds. The summed E-state index contributed by atoms with van der Waals surface area (Å²) in [5.74, 6) is 0. The van der Waals surface area contributed by atoms with E-state index in [1.165, 1.54) is 12.8 Å². The normalized spacial score (nSPS) is 34.0. The van der Waals surface area contributed by atoms with Crippen molar-refractivity contribution < 1.29 is 6.16 Å². The van der Waals surface area contributed by atoms with Crippen LogP contribution >= 0.6 is 0 Å². The van der Waals surface area contributed by atoms with Gasteiger partial charge in [-0.3, -0.25) is 0 Å². The minimum absolute atomic E-state index is 0. The summed E-state index contributed by atoms with van der Waals surface area (Å²) in [5, 5.41) is 3.37. The number of hydrogen-bond donors (Lipinski definition) is 1. The second kappa shape index (κ2) is 3.18. The molecule has 0 spiro atoms. The molecular formula is C7H17NO. The highest BCUT2D eigenvalue weighted by Crippen LogP contribution is 2.21. The molecule has 0 aromatic heterocycles. The maximum Gasteiger partial charge on any atom is 0.0601 e. The molecule has 9 heavy (non-hydrogen) atoms. The second-order valence-corrected chi connectivity index (χ2v) is 2.58. The molecule has 56 valence electrons. The third-order valence-electron chi connectivity index (χ3n) is 1.92. The summed E-state index contributed by atoms with van der Waals surface area (Å²) >= 11 is 0. The van der Waals surface area contributed by atoms with Crippen LogP contribution in [0.5, 0.6) is 0 Å². The average molecular weight is 131 g/mol. The van der Waals surface area contributed by atoms with E-state index < -0.39 is 0 Å². The Morgan fingerprint density at radius 3 is 2.78 bits per heavy atom. The summed E-state index contributed by atoms with van der Waals surface area (Å²) in [4.78, 5) is 0.